The van der Waals surface area contributed by atoms with Gasteiger partial charge in [0.2, 0.25) is 5.91 Å². The number of aryl methyl sites for hydroxylation is 2. The topological polar surface area (TPSA) is 29.1 Å². The number of hydrogen-bond donors (Lipinski definition) is 1. The van der Waals surface area contributed by atoms with Gasteiger partial charge in [0.05, 0.1) is 6.04 Å². The van der Waals surface area contributed by atoms with E-state index in [-0.39, 0.29) is 11.9 Å². The Labute approximate surface area is 136 Å². The highest BCUT2D eigenvalue weighted by Crippen LogP contribution is 2.29. The molecular weight excluding hydrogens is 294 g/mol. The average molecular weight is 314 g/mol. The average Bonchev–Trinajstić information content (AvgIpc) is 2.54. The molecule has 0 bridgehead atoms. The molecule has 0 unspecified atom stereocenters. The van der Waals surface area contributed by atoms with Gasteiger partial charge in [0.25, 0.3) is 0 Å². The zero-order chi connectivity index (χ0) is 15.4. The molecule has 2 aromatic rings. The molecule has 0 aromatic heterocycles. The monoisotopic (exact) mass is 313 g/mol. The third-order valence-electron chi connectivity index (χ3n) is 4.28. The second kappa shape index (κ2) is 6.97. The lowest BCUT2D eigenvalue weighted by Crippen LogP contribution is -2.31. The van der Waals surface area contributed by atoms with Crippen LogP contribution >= 0.6 is 11.6 Å². The molecule has 1 amide bonds. The Morgan fingerprint density at radius 1 is 1.14 bits per heavy atom. The SMILES string of the molecule is O=C(CCc1ccccc1Cl)N[C@H]1CCCc2ccccc21. The first-order valence-corrected chi connectivity index (χ1v) is 8.22. The highest BCUT2D eigenvalue weighted by molar-refractivity contribution is 6.31. The predicted octanol–water partition coefficient (Wildman–Crippen LogP) is 4.47. The van der Waals surface area contributed by atoms with E-state index in [2.05, 4.69) is 23.5 Å². The zero-order valence-electron chi connectivity index (χ0n) is 12.5. The molecule has 1 aliphatic carbocycles. The number of fused-ring (bicyclic) bond motifs is 1. The van der Waals surface area contributed by atoms with Crippen molar-refractivity contribution in [3.05, 3.63) is 70.2 Å². The van der Waals surface area contributed by atoms with Crippen LogP contribution in [0.15, 0.2) is 48.5 Å². The summed E-state index contributed by atoms with van der Waals surface area (Å²) in [5.74, 6) is 0.0987. The summed E-state index contributed by atoms with van der Waals surface area (Å²) in [7, 11) is 0. The van der Waals surface area contributed by atoms with Crippen molar-refractivity contribution in [2.24, 2.45) is 0 Å². The van der Waals surface area contributed by atoms with Gasteiger partial charge in [-0.15, -0.1) is 0 Å². The summed E-state index contributed by atoms with van der Waals surface area (Å²) in [6, 6.07) is 16.3. The summed E-state index contributed by atoms with van der Waals surface area (Å²) >= 11 is 6.13. The van der Waals surface area contributed by atoms with E-state index in [9.17, 15) is 4.79 Å². The molecule has 0 radical (unpaired) electrons. The molecule has 2 nitrogen and oxygen atoms in total. The van der Waals surface area contributed by atoms with Crippen LogP contribution in [0.4, 0.5) is 0 Å². The molecule has 1 aliphatic rings. The highest BCUT2D eigenvalue weighted by atomic mass is 35.5. The van der Waals surface area contributed by atoms with Crippen molar-refractivity contribution >= 4 is 17.5 Å². The van der Waals surface area contributed by atoms with Crippen molar-refractivity contribution in [2.75, 3.05) is 0 Å². The Bertz CT molecular complexity index is 668. The van der Waals surface area contributed by atoms with Gasteiger partial charge in [0.1, 0.15) is 0 Å². The van der Waals surface area contributed by atoms with E-state index >= 15 is 0 Å². The molecule has 1 atom stereocenters. The number of nitrogens with one attached hydrogen (secondary N) is 1. The predicted molar refractivity (Wildman–Crippen MR) is 90.0 cm³/mol. The van der Waals surface area contributed by atoms with E-state index in [1.165, 1.54) is 11.1 Å². The molecule has 3 rings (SSSR count). The summed E-state index contributed by atoms with van der Waals surface area (Å²) in [4.78, 5) is 12.3. The maximum atomic E-state index is 12.3. The van der Waals surface area contributed by atoms with Gasteiger partial charge >= 0.3 is 0 Å². The molecular formula is C19H20ClNO. The van der Waals surface area contributed by atoms with Crippen molar-refractivity contribution in [2.45, 2.75) is 38.1 Å². The summed E-state index contributed by atoms with van der Waals surface area (Å²) in [5, 5.41) is 3.92. The molecule has 0 saturated heterocycles. The van der Waals surface area contributed by atoms with Crippen LogP contribution in [0.25, 0.3) is 0 Å². The minimum Gasteiger partial charge on any atom is -0.349 e. The van der Waals surface area contributed by atoms with Gasteiger partial charge in [-0.3, -0.25) is 4.79 Å². The number of rotatable bonds is 4. The fourth-order valence-electron chi connectivity index (χ4n) is 3.12. The van der Waals surface area contributed by atoms with Gasteiger partial charge in [-0.2, -0.15) is 0 Å². The Hall–Kier alpha value is -1.80. The van der Waals surface area contributed by atoms with Crippen molar-refractivity contribution in [3.8, 4) is 0 Å². The lowest BCUT2D eigenvalue weighted by molar-refractivity contribution is -0.121. The molecule has 22 heavy (non-hydrogen) atoms. The minimum atomic E-state index is 0.0987. The first-order chi connectivity index (χ1) is 10.7. The number of amides is 1. The van der Waals surface area contributed by atoms with Gasteiger partial charge in [-0.25, -0.2) is 0 Å². The number of halogens is 1. The Morgan fingerprint density at radius 3 is 2.77 bits per heavy atom. The minimum absolute atomic E-state index is 0.0987. The van der Waals surface area contributed by atoms with Crippen molar-refractivity contribution in [1.82, 2.24) is 5.32 Å². The normalized spacial score (nSPS) is 16.9. The third kappa shape index (κ3) is 3.50. The Morgan fingerprint density at radius 2 is 1.91 bits per heavy atom. The van der Waals surface area contributed by atoms with Crippen LogP contribution in [0.3, 0.4) is 0 Å². The Balaban J connectivity index is 1.60. The van der Waals surface area contributed by atoms with Gasteiger partial charge < -0.3 is 5.32 Å². The zero-order valence-corrected chi connectivity index (χ0v) is 13.3. The van der Waals surface area contributed by atoms with Crippen LogP contribution in [0.1, 0.15) is 42.0 Å². The van der Waals surface area contributed by atoms with Crippen LogP contribution < -0.4 is 5.32 Å². The Kier molecular flexibility index (Phi) is 4.79. The largest absolute Gasteiger partial charge is 0.349 e. The summed E-state index contributed by atoms with van der Waals surface area (Å²) < 4.78 is 0. The molecule has 114 valence electrons. The van der Waals surface area contributed by atoms with Crippen LogP contribution in [0.2, 0.25) is 5.02 Å². The fourth-order valence-corrected chi connectivity index (χ4v) is 3.35. The van der Waals surface area contributed by atoms with E-state index in [0.29, 0.717) is 12.8 Å². The lowest BCUT2D eigenvalue weighted by Gasteiger charge is -2.26. The van der Waals surface area contributed by atoms with E-state index < -0.39 is 0 Å². The summed E-state index contributed by atoms with van der Waals surface area (Å²) in [6.07, 6.45) is 4.42. The highest BCUT2D eigenvalue weighted by Gasteiger charge is 2.21. The standard InChI is InChI=1S/C19H20ClNO/c20-17-10-4-2-7-15(17)12-13-19(22)21-18-11-5-8-14-6-1-3-9-16(14)18/h1-4,6-7,9-10,18H,5,8,11-13H2,(H,21,22)/t18-/m0/s1. The maximum Gasteiger partial charge on any atom is 0.220 e. The molecule has 0 heterocycles. The maximum absolute atomic E-state index is 12.3. The van der Waals surface area contributed by atoms with E-state index in [1.54, 1.807) is 0 Å². The molecule has 0 aliphatic heterocycles. The third-order valence-corrected chi connectivity index (χ3v) is 4.65. The molecule has 0 saturated carbocycles. The molecule has 3 heteroatoms. The van der Waals surface area contributed by atoms with Crippen molar-refractivity contribution in [3.63, 3.8) is 0 Å². The quantitative estimate of drug-likeness (QED) is 0.886. The fraction of sp³-hybridized carbons (Fsp3) is 0.316. The van der Waals surface area contributed by atoms with Crippen LogP contribution in [0, 0.1) is 0 Å². The first-order valence-electron chi connectivity index (χ1n) is 7.84. The van der Waals surface area contributed by atoms with Gasteiger partial charge in [-0.1, -0.05) is 54.1 Å². The van der Waals surface area contributed by atoms with Crippen molar-refractivity contribution < 1.29 is 4.79 Å². The second-order valence-electron chi connectivity index (χ2n) is 5.80. The summed E-state index contributed by atoms with van der Waals surface area (Å²) in [6.45, 7) is 0. The first kappa shape index (κ1) is 15.1. The van der Waals surface area contributed by atoms with E-state index in [4.69, 9.17) is 11.6 Å². The molecule has 2 aromatic carbocycles. The van der Waals surface area contributed by atoms with E-state index in [0.717, 1.165) is 29.8 Å². The van der Waals surface area contributed by atoms with Crippen molar-refractivity contribution in [1.29, 1.82) is 0 Å². The number of carbonyl (C=O) groups is 1. The van der Waals surface area contributed by atoms with Crippen LogP contribution in [-0.2, 0) is 17.6 Å². The van der Waals surface area contributed by atoms with E-state index in [1.807, 2.05) is 30.3 Å². The van der Waals surface area contributed by atoms with Gasteiger partial charge in [0, 0.05) is 11.4 Å². The second-order valence-corrected chi connectivity index (χ2v) is 6.21. The molecule has 1 N–H and O–H groups in total. The summed E-state index contributed by atoms with van der Waals surface area (Å²) in [5.41, 5.74) is 3.67. The van der Waals surface area contributed by atoms with Crippen LogP contribution in [0.5, 0.6) is 0 Å². The number of benzene rings is 2. The molecule has 0 fully saturated rings. The van der Waals surface area contributed by atoms with Gasteiger partial charge in [-0.05, 0) is 48.4 Å². The van der Waals surface area contributed by atoms with Crippen LogP contribution in [-0.4, -0.2) is 5.91 Å². The van der Waals surface area contributed by atoms with Gasteiger partial charge in [0.15, 0.2) is 0 Å². The molecule has 0 spiro atoms. The lowest BCUT2D eigenvalue weighted by atomic mass is 9.87. The number of hydrogen-bond acceptors (Lipinski definition) is 1. The smallest absolute Gasteiger partial charge is 0.220 e. The number of carbonyl (C=O) groups excluding carboxylic acids is 1.